The van der Waals surface area contributed by atoms with Crippen LogP contribution in [0.15, 0.2) is 66.5 Å². The first-order valence-corrected chi connectivity index (χ1v) is 9.79. The lowest BCUT2D eigenvalue weighted by Crippen LogP contribution is -1.97. The molecule has 0 amide bonds. The van der Waals surface area contributed by atoms with Gasteiger partial charge in [-0.15, -0.1) is 0 Å². The monoisotopic (exact) mass is 384 g/mol. The number of benzene rings is 2. The fourth-order valence-electron chi connectivity index (χ4n) is 3.17. The van der Waals surface area contributed by atoms with E-state index in [-0.39, 0.29) is 5.82 Å². The lowest BCUT2D eigenvalue weighted by atomic mass is 9.93. The molecule has 0 saturated carbocycles. The van der Waals surface area contributed by atoms with Gasteiger partial charge in [-0.3, -0.25) is 0 Å². The van der Waals surface area contributed by atoms with Crippen LogP contribution >= 0.6 is 0 Å². The van der Waals surface area contributed by atoms with E-state index in [0.29, 0.717) is 11.3 Å². The van der Waals surface area contributed by atoms with Gasteiger partial charge >= 0.3 is 0 Å². The lowest BCUT2D eigenvalue weighted by Gasteiger charge is -2.12. The third-order valence-electron chi connectivity index (χ3n) is 4.85. The van der Waals surface area contributed by atoms with Crippen molar-refractivity contribution in [3.63, 3.8) is 0 Å². The molecule has 0 saturated heterocycles. The second-order valence-corrected chi connectivity index (χ2v) is 7.10. The van der Waals surface area contributed by atoms with Gasteiger partial charge in [0.05, 0.1) is 17.1 Å². The Hall–Kier alpha value is -3.38. The maximum absolute atomic E-state index is 13.8. The summed E-state index contributed by atoms with van der Waals surface area (Å²) in [5.41, 5.74) is 12.4. The van der Waals surface area contributed by atoms with Gasteiger partial charge in [-0.25, -0.2) is 9.37 Å². The Bertz CT molecular complexity index is 1110. The Morgan fingerprint density at radius 2 is 1.97 bits per heavy atom. The summed E-state index contributed by atoms with van der Waals surface area (Å²) in [6.07, 6.45) is 9.66. The number of allylic oxidation sites excluding steroid dienone is 5. The van der Waals surface area contributed by atoms with E-state index in [0.717, 1.165) is 46.0 Å². The molecule has 2 nitrogen and oxygen atoms in total. The van der Waals surface area contributed by atoms with E-state index in [4.69, 9.17) is 5.73 Å². The van der Waals surface area contributed by atoms with Crippen molar-refractivity contribution >= 4 is 22.0 Å². The molecular formula is C26H25FN2. The topological polar surface area (TPSA) is 38.9 Å². The lowest BCUT2D eigenvalue weighted by molar-refractivity contribution is 0.618. The second-order valence-electron chi connectivity index (χ2n) is 7.10. The summed E-state index contributed by atoms with van der Waals surface area (Å²) in [5, 5.41) is 0.888. The fraction of sp³-hybridized carbons (Fsp3) is 0.192. The highest BCUT2D eigenvalue weighted by Crippen LogP contribution is 2.30. The zero-order valence-electron chi connectivity index (χ0n) is 17.1. The summed E-state index contributed by atoms with van der Waals surface area (Å²) >= 11 is 0. The fourth-order valence-corrected chi connectivity index (χ4v) is 3.17. The van der Waals surface area contributed by atoms with Crippen LogP contribution in [0, 0.1) is 24.9 Å². The first-order valence-electron chi connectivity index (χ1n) is 9.79. The van der Waals surface area contributed by atoms with Crippen LogP contribution in [0.1, 0.15) is 43.4 Å². The van der Waals surface area contributed by atoms with Gasteiger partial charge in [-0.2, -0.15) is 0 Å². The van der Waals surface area contributed by atoms with Crippen LogP contribution in [0.2, 0.25) is 0 Å². The smallest absolute Gasteiger partial charge is 0.126 e. The average Bonchev–Trinajstić information content (AvgIpc) is 2.73. The van der Waals surface area contributed by atoms with Gasteiger partial charge in [0.15, 0.2) is 0 Å². The third kappa shape index (κ3) is 4.92. The van der Waals surface area contributed by atoms with Crippen LogP contribution in [0.5, 0.6) is 0 Å². The number of unbranched alkanes of at least 4 members (excludes halogenated alkanes) is 1. The molecule has 29 heavy (non-hydrogen) atoms. The molecule has 1 aromatic heterocycles. The molecule has 0 atom stereocenters. The van der Waals surface area contributed by atoms with Gasteiger partial charge in [-0.1, -0.05) is 37.6 Å². The van der Waals surface area contributed by atoms with E-state index in [1.807, 2.05) is 43.3 Å². The molecular weight excluding hydrogens is 359 g/mol. The minimum atomic E-state index is -0.206. The predicted molar refractivity (Wildman–Crippen MR) is 119 cm³/mol. The largest absolute Gasteiger partial charge is 0.399 e. The van der Waals surface area contributed by atoms with Gasteiger partial charge in [0.1, 0.15) is 5.82 Å². The van der Waals surface area contributed by atoms with Crippen LogP contribution in [0.4, 0.5) is 4.39 Å². The molecule has 0 spiro atoms. The molecule has 0 unspecified atom stereocenters. The Balaban J connectivity index is 2.16. The van der Waals surface area contributed by atoms with Crippen LogP contribution in [-0.4, -0.2) is 4.98 Å². The Labute approximate surface area is 172 Å². The number of nitrogens with zero attached hydrogens (tertiary/aromatic N) is 1. The summed E-state index contributed by atoms with van der Waals surface area (Å²) in [5.74, 6) is -0.206. The van der Waals surface area contributed by atoms with Gasteiger partial charge in [0, 0.05) is 5.70 Å². The number of rotatable bonds is 6. The molecule has 2 N–H and O–H groups in total. The molecule has 0 aliphatic heterocycles. The van der Waals surface area contributed by atoms with Crippen molar-refractivity contribution in [1.29, 1.82) is 0 Å². The number of halogens is 1. The van der Waals surface area contributed by atoms with Gasteiger partial charge < -0.3 is 5.73 Å². The standard InChI is InChI=1S/C26H25FN2/c1-4-5-6-9-23(28)17-24(19(3)20-10-12-25(27)18(2)15-20)21-11-13-26-22(16-21)8-7-14-29-26/h6,9-17H,4-5,28H2,1-3H3/b9-6+,23-17+,24-19-. The highest BCUT2D eigenvalue weighted by atomic mass is 19.1. The number of fused-ring (bicyclic) bond motifs is 1. The van der Waals surface area contributed by atoms with Crippen molar-refractivity contribution in [1.82, 2.24) is 4.98 Å². The number of aryl methyl sites for hydroxylation is 1. The maximum atomic E-state index is 13.8. The van der Waals surface area contributed by atoms with Gasteiger partial charge in [-0.05, 0) is 90.6 Å². The van der Waals surface area contributed by atoms with Crippen molar-refractivity contribution in [2.45, 2.75) is 33.6 Å². The molecule has 0 aliphatic rings. The van der Waals surface area contributed by atoms with Crippen molar-refractivity contribution in [3.05, 3.63) is 101 Å². The SMILES string of the molecule is CCC/C=C/C(N)=C\C(=C(/C)c1ccc(F)c(C)c1)c1ccc2ncc#cc2c1. The molecule has 0 radical (unpaired) electrons. The van der Waals surface area contributed by atoms with Crippen molar-refractivity contribution < 1.29 is 4.39 Å². The van der Waals surface area contributed by atoms with E-state index < -0.39 is 0 Å². The van der Waals surface area contributed by atoms with Gasteiger partial charge in [0.2, 0.25) is 0 Å². The summed E-state index contributed by atoms with van der Waals surface area (Å²) < 4.78 is 13.8. The zero-order valence-corrected chi connectivity index (χ0v) is 17.1. The van der Waals surface area contributed by atoms with Crippen LogP contribution in [0.25, 0.3) is 22.0 Å². The number of hydrogen-bond acceptors (Lipinski definition) is 2. The number of nitrogens with two attached hydrogens (primary N) is 1. The van der Waals surface area contributed by atoms with Crippen LogP contribution in [-0.2, 0) is 0 Å². The first kappa shape index (κ1) is 20.4. The van der Waals surface area contributed by atoms with E-state index in [1.165, 1.54) is 6.07 Å². The molecule has 0 bridgehead atoms. The van der Waals surface area contributed by atoms with Crippen LogP contribution in [0.3, 0.4) is 0 Å². The summed E-state index contributed by atoms with van der Waals surface area (Å²) in [6, 6.07) is 17.2. The summed E-state index contributed by atoms with van der Waals surface area (Å²) in [7, 11) is 0. The average molecular weight is 384 g/mol. The molecule has 3 heteroatoms. The Kier molecular flexibility index (Phi) is 6.46. The quantitative estimate of drug-likeness (QED) is 0.394. The van der Waals surface area contributed by atoms with E-state index in [2.05, 4.69) is 30.1 Å². The molecule has 0 aliphatic carbocycles. The highest BCUT2D eigenvalue weighted by Gasteiger charge is 2.09. The number of aromatic nitrogens is 1. The molecule has 146 valence electrons. The Morgan fingerprint density at radius 3 is 2.72 bits per heavy atom. The molecule has 2 aromatic carbocycles. The molecule has 1 heterocycles. The zero-order chi connectivity index (χ0) is 20.8. The minimum Gasteiger partial charge on any atom is -0.399 e. The first-order chi connectivity index (χ1) is 14.0. The van der Waals surface area contributed by atoms with E-state index in [1.54, 1.807) is 19.2 Å². The summed E-state index contributed by atoms with van der Waals surface area (Å²) in [6.45, 7) is 5.94. The Morgan fingerprint density at radius 1 is 1.17 bits per heavy atom. The highest BCUT2D eigenvalue weighted by molar-refractivity contribution is 5.97. The van der Waals surface area contributed by atoms with Crippen molar-refractivity contribution in [2.24, 2.45) is 5.73 Å². The molecule has 0 fully saturated rings. The molecule has 3 rings (SSSR count). The van der Waals surface area contributed by atoms with E-state index >= 15 is 0 Å². The third-order valence-corrected chi connectivity index (χ3v) is 4.85. The second kappa shape index (κ2) is 9.21. The summed E-state index contributed by atoms with van der Waals surface area (Å²) in [4.78, 5) is 4.32. The number of hydrogen-bond donors (Lipinski definition) is 1. The minimum absolute atomic E-state index is 0.206. The van der Waals surface area contributed by atoms with E-state index in [9.17, 15) is 4.39 Å². The van der Waals surface area contributed by atoms with Gasteiger partial charge in [0.25, 0.3) is 0 Å². The van der Waals surface area contributed by atoms with Crippen molar-refractivity contribution in [3.8, 4) is 0 Å². The van der Waals surface area contributed by atoms with Crippen LogP contribution < -0.4 is 5.73 Å². The maximum Gasteiger partial charge on any atom is 0.126 e. The normalized spacial score (nSPS) is 12.9. The molecule has 3 aromatic rings. The predicted octanol–water partition coefficient (Wildman–Crippen LogP) is 6.41. The van der Waals surface area contributed by atoms with Crippen molar-refractivity contribution in [2.75, 3.05) is 0 Å².